The molecule has 6 nitrogen and oxygen atoms in total. The summed E-state index contributed by atoms with van der Waals surface area (Å²) in [5, 5.41) is 7.01. The van der Waals surface area contributed by atoms with E-state index in [4.69, 9.17) is 0 Å². The first-order chi connectivity index (χ1) is 11.1. The molecule has 0 aliphatic carbocycles. The lowest BCUT2D eigenvalue weighted by atomic mass is 10.2. The minimum atomic E-state index is -0.437. The van der Waals surface area contributed by atoms with Crippen LogP contribution in [0.25, 0.3) is 11.3 Å². The Morgan fingerprint density at radius 3 is 2.87 bits per heavy atom. The van der Waals surface area contributed by atoms with Gasteiger partial charge in [0.25, 0.3) is 5.91 Å². The fourth-order valence-corrected chi connectivity index (χ4v) is 3.53. The van der Waals surface area contributed by atoms with E-state index in [1.165, 1.54) is 29.8 Å². The minimum absolute atomic E-state index is 0.164. The van der Waals surface area contributed by atoms with Gasteiger partial charge in [-0.15, -0.1) is 22.7 Å². The van der Waals surface area contributed by atoms with Crippen molar-refractivity contribution < 1.29 is 14.3 Å². The Morgan fingerprint density at radius 1 is 1.35 bits per heavy atom. The number of aromatic amines is 1. The third-order valence-electron chi connectivity index (χ3n) is 3.18. The van der Waals surface area contributed by atoms with Gasteiger partial charge in [-0.2, -0.15) is 0 Å². The number of thiophene rings is 1. The lowest BCUT2D eigenvalue weighted by Crippen LogP contribution is -2.10. The molecule has 3 rings (SSSR count). The van der Waals surface area contributed by atoms with Crippen molar-refractivity contribution in [3.8, 4) is 11.3 Å². The fraction of sp³-hybridized carbons (Fsp3) is 0.133. The van der Waals surface area contributed by atoms with E-state index in [-0.39, 0.29) is 5.91 Å². The zero-order chi connectivity index (χ0) is 16.4. The molecule has 0 saturated heterocycles. The molecule has 0 aliphatic heterocycles. The molecule has 23 heavy (non-hydrogen) atoms. The Bertz CT molecular complexity index is 863. The first-order valence-corrected chi connectivity index (χ1v) is 8.42. The van der Waals surface area contributed by atoms with Gasteiger partial charge >= 0.3 is 5.97 Å². The molecule has 3 heterocycles. The van der Waals surface area contributed by atoms with E-state index in [0.717, 1.165) is 11.1 Å². The number of ether oxygens (including phenoxy) is 1. The van der Waals surface area contributed by atoms with Gasteiger partial charge in [0.15, 0.2) is 5.13 Å². The van der Waals surface area contributed by atoms with Crippen LogP contribution in [0, 0.1) is 6.92 Å². The number of methoxy groups -OCH3 is 1. The summed E-state index contributed by atoms with van der Waals surface area (Å²) in [4.78, 5) is 31.5. The van der Waals surface area contributed by atoms with Gasteiger partial charge in [0.1, 0.15) is 5.69 Å². The van der Waals surface area contributed by atoms with Crippen LogP contribution < -0.4 is 5.32 Å². The average Bonchev–Trinajstić information content (AvgIpc) is 3.25. The van der Waals surface area contributed by atoms with Crippen molar-refractivity contribution in [1.29, 1.82) is 0 Å². The monoisotopic (exact) mass is 347 g/mol. The van der Waals surface area contributed by atoms with Crippen LogP contribution in [0.15, 0.2) is 29.1 Å². The van der Waals surface area contributed by atoms with Crippen LogP contribution in [0.2, 0.25) is 0 Å². The number of nitrogens with one attached hydrogen (secondary N) is 2. The molecule has 1 amide bonds. The molecular formula is C15H13N3O3S2. The van der Waals surface area contributed by atoms with Crippen molar-refractivity contribution in [2.75, 3.05) is 12.4 Å². The second kappa shape index (κ2) is 6.35. The van der Waals surface area contributed by atoms with Gasteiger partial charge in [0.05, 0.1) is 17.7 Å². The number of carbonyl (C=O) groups is 2. The standard InChI is InChI=1S/C15H13N3O3S2/c1-8-3-4-22-12(8)13(19)18-15-17-11(7-23-15)9-5-10(16-6-9)14(20)21-2/h3-7,16H,1-2H3,(H,17,18,19). The maximum Gasteiger partial charge on any atom is 0.354 e. The van der Waals surface area contributed by atoms with E-state index in [1.54, 1.807) is 12.3 Å². The first kappa shape index (κ1) is 15.4. The molecule has 0 unspecified atom stereocenters. The lowest BCUT2D eigenvalue weighted by Gasteiger charge is -1.99. The third kappa shape index (κ3) is 3.17. The first-order valence-electron chi connectivity index (χ1n) is 6.66. The zero-order valence-corrected chi connectivity index (χ0v) is 14.0. The second-order valence-electron chi connectivity index (χ2n) is 4.72. The van der Waals surface area contributed by atoms with Gasteiger partial charge in [-0.3, -0.25) is 10.1 Å². The van der Waals surface area contributed by atoms with Crippen molar-refractivity contribution in [2.24, 2.45) is 0 Å². The van der Waals surface area contributed by atoms with E-state index >= 15 is 0 Å². The Kier molecular flexibility index (Phi) is 4.26. The Morgan fingerprint density at radius 2 is 2.17 bits per heavy atom. The van der Waals surface area contributed by atoms with Gasteiger partial charge in [0.2, 0.25) is 0 Å². The molecule has 0 fully saturated rings. The number of hydrogen-bond acceptors (Lipinski definition) is 6. The van der Waals surface area contributed by atoms with Crippen molar-refractivity contribution in [2.45, 2.75) is 6.92 Å². The molecule has 0 atom stereocenters. The van der Waals surface area contributed by atoms with Gasteiger partial charge in [0, 0.05) is 17.1 Å². The number of aromatic nitrogens is 2. The number of hydrogen-bond donors (Lipinski definition) is 2. The summed E-state index contributed by atoms with van der Waals surface area (Å²) in [5.41, 5.74) is 2.74. The highest BCUT2D eigenvalue weighted by molar-refractivity contribution is 7.14. The van der Waals surface area contributed by atoms with Gasteiger partial charge in [-0.1, -0.05) is 0 Å². The predicted octanol–water partition coefficient (Wildman–Crippen LogP) is 3.55. The van der Waals surface area contributed by atoms with Crippen LogP contribution in [0.4, 0.5) is 5.13 Å². The SMILES string of the molecule is COC(=O)c1cc(-c2csc(NC(=O)c3sccc3C)n2)c[nH]1. The van der Waals surface area contributed by atoms with E-state index in [9.17, 15) is 9.59 Å². The second-order valence-corrected chi connectivity index (χ2v) is 6.49. The summed E-state index contributed by atoms with van der Waals surface area (Å²) < 4.78 is 4.65. The summed E-state index contributed by atoms with van der Waals surface area (Å²) in [6.45, 7) is 1.90. The normalized spacial score (nSPS) is 10.5. The Balaban J connectivity index is 1.76. The molecular weight excluding hydrogens is 334 g/mol. The molecule has 0 saturated carbocycles. The van der Waals surface area contributed by atoms with Crippen LogP contribution in [0.1, 0.15) is 25.7 Å². The summed E-state index contributed by atoms with van der Waals surface area (Å²) in [5.74, 6) is -0.601. The molecule has 3 aromatic heterocycles. The number of amides is 1. The van der Waals surface area contributed by atoms with Gasteiger partial charge in [-0.05, 0) is 30.0 Å². The van der Waals surface area contributed by atoms with Crippen molar-refractivity contribution in [1.82, 2.24) is 9.97 Å². The topological polar surface area (TPSA) is 84.1 Å². The van der Waals surface area contributed by atoms with E-state index in [1.807, 2.05) is 23.8 Å². The Labute approximate surface area is 140 Å². The van der Waals surface area contributed by atoms with Crippen molar-refractivity contribution in [3.05, 3.63) is 45.2 Å². The number of nitrogens with zero attached hydrogens (tertiary/aromatic N) is 1. The summed E-state index contributed by atoms with van der Waals surface area (Å²) in [6.07, 6.45) is 1.68. The number of H-pyrrole nitrogens is 1. The number of carbonyl (C=O) groups excluding carboxylic acids is 2. The molecule has 3 aromatic rings. The van der Waals surface area contributed by atoms with Crippen LogP contribution in [0.5, 0.6) is 0 Å². The quantitative estimate of drug-likeness (QED) is 0.707. The molecule has 0 aliphatic rings. The van der Waals surface area contributed by atoms with Gasteiger partial charge < -0.3 is 9.72 Å². The number of rotatable bonds is 4. The van der Waals surface area contributed by atoms with Crippen LogP contribution in [0.3, 0.4) is 0 Å². The van der Waals surface area contributed by atoms with E-state index in [2.05, 4.69) is 20.0 Å². The Hall–Kier alpha value is -2.45. The summed E-state index contributed by atoms with van der Waals surface area (Å²) in [6, 6.07) is 3.57. The summed E-state index contributed by atoms with van der Waals surface area (Å²) in [7, 11) is 1.33. The largest absolute Gasteiger partial charge is 0.464 e. The molecule has 0 aromatic carbocycles. The molecule has 0 bridgehead atoms. The van der Waals surface area contributed by atoms with Crippen LogP contribution in [-0.2, 0) is 4.74 Å². The number of thiazole rings is 1. The molecule has 0 spiro atoms. The van der Waals surface area contributed by atoms with Gasteiger partial charge in [-0.25, -0.2) is 9.78 Å². The van der Waals surface area contributed by atoms with Crippen LogP contribution >= 0.6 is 22.7 Å². The number of anilines is 1. The predicted molar refractivity (Wildman–Crippen MR) is 90.2 cm³/mol. The highest BCUT2D eigenvalue weighted by atomic mass is 32.1. The zero-order valence-electron chi connectivity index (χ0n) is 12.4. The third-order valence-corrected chi connectivity index (χ3v) is 4.95. The molecule has 8 heteroatoms. The smallest absolute Gasteiger partial charge is 0.354 e. The van der Waals surface area contributed by atoms with Crippen molar-refractivity contribution >= 4 is 39.7 Å². The maximum atomic E-state index is 12.2. The summed E-state index contributed by atoms with van der Waals surface area (Å²) >= 11 is 2.73. The highest BCUT2D eigenvalue weighted by Crippen LogP contribution is 2.26. The van der Waals surface area contributed by atoms with E-state index in [0.29, 0.717) is 21.4 Å². The molecule has 0 radical (unpaired) electrons. The minimum Gasteiger partial charge on any atom is -0.464 e. The maximum absolute atomic E-state index is 12.2. The number of aryl methyl sites for hydroxylation is 1. The van der Waals surface area contributed by atoms with E-state index < -0.39 is 5.97 Å². The number of esters is 1. The molecule has 118 valence electrons. The van der Waals surface area contributed by atoms with Crippen molar-refractivity contribution in [3.63, 3.8) is 0 Å². The molecule has 2 N–H and O–H groups in total. The van der Waals surface area contributed by atoms with Crippen LogP contribution in [-0.4, -0.2) is 29.0 Å². The lowest BCUT2D eigenvalue weighted by molar-refractivity contribution is 0.0594. The fourth-order valence-electron chi connectivity index (χ4n) is 1.99. The average molecular weight is 347 g/mol. The highest BCUT2D eigenvalue weighted by Gasteiger charge is 2.15.